The maximum atomic E-state index is 3.60. The summed E-state index contributed by atoms with van der Waals surface area (Å²) in [5, 5.41) is 3.60. The van der Waals surface area contributed by atoms with Gasteiger partial charge in [0.05, 0.1) is 0 Å². The minimum Gasteiger partial charge on any atom is -0.313 e. The van der Waals surface area contributed by atoms with E-state index < -0.39 is 0 Å². The smallest absolute Gasteiger partial charge is 0.0208 e. The largest absolute Gasteiger partial charge is 0.313 e. The Bertz CT molecular complexity index is 496. The molecule has 3 aliphatic rings. The Balaban J connectivity index is 1.95. The molecule has 0 saturated heterocycles. The van der Waals surface area contributed by atoms with Crippen LogP contribution in [0.15, 0.2) is 18.2 Å². The fraction of sp³-hybridized carbons (Fsp3) is 0.647. The van der Waals surface area contributed by atoms with Gasteiger partial charge in [0, 0.05) is 6.54 Å². The molecule has 1 aliphatic heterocycles. The Kier molecular flexibility index (Phi) is 2.08. The third kappa shape index (κ3) is 1.26. The van der Waals surface area contributed by atoms with Crippen molar-refractivity contribution in [2.75, 3.05) is 6.54 Å². The zero-order chi connectivity index (χ0) is 12.4. The molecule has 1 heteroatoms. The first-order valence-electron chi connectivity index (χ1n) is 7.47. The summed E-state index contributed by atoms with van der Waals surface area (Å²) in [4.78, 5) is 0. The molecule has 18 heavy (non-hydrogen) atoms. The number of benzene rings is 1. The fourth-order valence-corrected chi connectivity index (χ4v) is 4.63. The van der Waals surface area contributed by atoms with Crippen molar-refractivity contribution in [2.24, 2.45) is 5.41 Å². The van der Waals surface area contributed by atoms with Crippen molar-refractivity contribution in [3.8, 4) is 0 Å². The molecule has 1 aromatic rings. The Morgan fingerprint density at radius 3 is 2.83 bits per heavy atom. The molecule has 4 rings (SSSR count). The first kappa shape index (κ1) is 11.0. The second kappa shape index (κ2) is 3.39. The monoisotopic (exact) mass is 241 g/mol. The van der Waals surface area contributed by atoms with Gasteiger partial charge in [-0.25, -0.2) is 0 Å². The lowest BCUT2D eigenvalue weighted by Gasteiger charge is -2.45. The molecule has 1 heterocycles. The minimum absolute atomic E-state index is 0.388. The highest BCUT2D eigenvalue weighted by atomic mass is 14.9. The van der Waals surface area contributed by atoms with Crippen molar-refractivity contribution >= 4 is 0 Å². The van der Waals surface area contributed by atoms with Crippen LogP contribution in [0.2, 0.25) is 0 Å². The molecular weight excluding hydrogens is 218 g/mol. The second-order valence-corrected chi connectivity index (χ2v) is 7.15. The zero-order valence-corrected chi connectivity index (χ0v) is 11.6. The summed E-state index contributed by atoms with van der Waals surface area (Å²) in [6, 6.07) is 7.03. The van der Waals surface area contributed by atoms with Crippen LogP contribution in [0, 0.1) is 5.41 Å². The van der Waals surface area contributed by atoms with E-state index >= 15 is 0 Å². The first-order valence-corrected chi connectivity index (χ1v) is 7.47. The van der Waals surface area contributed by atoms with Gasteiger partial charge in [-0.2, -0.15) is 0 Å². The Morgan fingerprint density at radius 1 is 1.22 bits per heavy atom. The summed E-state index contributed by atoms with van der Waals surface area (Å²) >= 11 is 0. The number of rotatable bonds is 0. The van der Waals surface area contributed by atoms with Gasteiger partial charge >= 0.3 is 0 Å². The summed E-state index contributed by atoms with van der Waals surface area (Å²) in [6.45, 7) is 7.24. The molecule has 1 N–H and O–H groups in total. The van der Waals surface area contributed by atoms with E-state index in [0.29, 0.717) is 10.8 Å². The topological polar surface area (TPSA) is 12.0 Å². The van der Waals surface area contributed by atoms with Crippen LogP contribution in [0.25, 0.3) is 0 Å². The molecule has 1 nitrogen and oxygen atoms in total. The number of hydrogen-bond donors (Lipinski definition) is 1. The first-order chi connectivity index (χ1) is 8.64. The van der Waals surface area contributed by atoms with Gasteiger partial charge in [-0.15, -0.1) is 0 Å². The summed E-state index contributed by atoms with van der Waals surface area (Å²) in [7, 11) is 0. The van der Waals surface area contributed by atoms with E-state index in [0.717, 1.165) is 12.5 Å². The van der Waals surface area contributed by atoms with E-state index in [-0.39, 0.29) is 0 Å². The van der Waals surface area contributed by atoms with Gasteiger partial charge in [-0.1, -0.05) is 32.0 Å². The molecule has 1 unspecified atom stereocenters. The lowest BCUT2D eigenvalue weighted by Crippen LogP contribution is -2.37. The number of hydrogen-bond acceptors (Lipinski definition) is 1. The second-order valence-electron chi connectivity index (χ2n) is 7.15. The summed E-state index contributed by atoms with van der Waals surface area (Å²) in [6.07, 6.45) is 5.68. The highest BCUT2D eigenvalue weighted by molar-refractivity contribution is 5.48. The molecular formula is C17H23N. The highest BCUT2D eigenvalue weighted by Crippen LogP contribution is 2.67. The van der Waals surface area contributed by atoms with Crippen LogP contribution in [0.5, 0.6) is 0 Å². The Morgan fingerprint density at radius 2 is 2.06 bits per heavy atom. The SMILES string of the molecule is CC1(C)c2cccc3c2C(CCNC3)CC12CC2. The van der Waals surface area contributed by atoms with Crippen LogP contribution in [0.1, 0.15) is 62.1 Å². The van der Waals surface area contributed by atoms with E-state index in [2.05, 4.69) is 37.4 Å². The minimum atomic E-state index is 0.388. The van der Waals surface area contributed by atoms with Crippen molar-refractivity contribution in [3.63, 3.8) is 0 Å². The van der Waals surface area contributed by atoms with Gasteiger partial charge in [0.1, 0.15) is 0 Å². The van der Waals surface area contributed by atoms with E-state index in [4.69, 9.17) is 0 Å². The van der Waals surface area contributed by atoms with Gasteiger partial charge in [-0.05, 0) is 65.7 Å². The third-order valence-electron chi connectivity index (χ3n) is 6.08. The molecule has 1 spiro atoms. The maximum Gasteiger partial charge on any atom is 0.0208 e. The van der Waals surface area contributed by atoms with Gasteiger partial charge in [-0.3, -0.25) is 0 Å². The molecule has 1 fully saturated rings. The van der Waals surface area contributed by atoms with Crippen molar-refractivity contribution in [2.45, 2.75) is 57.4 Å². The quantitative estimate of drug-likeness (QED) is 0.730. The van der Waals surface area contributed by atoms with Crippen LogP contribution in [0.4, 0.5) is 0 Å². The molecule has 2 aliphatic carbocycles. The lowest BCUT2D eigenvalue weighted by molar-refractivity contribution is 0.224. The fourth-order valence-electron chi connectivity index (χ4n) is 4.63. The highest BCUT2D eigenvalue weighted by Gasteiger charge is 2.58. The standard InChI is InChI=1S/C17H23N/c1-16(2)14-5-3-4-13-11-18-9-6-12(15(13)14)10-17(16)7-8-17/h3-5,12,18H,6-11H2,1-2H3. The van der Waals surface area contributed by atoms with Crippen molar-refractivity contribution in [1.82, 2.24) is 5.32 Å². The predicted octanol–water partition coefficient (Wildman–Crippen LogP) is 3.73. The van der Waals surface area contributed by atoms with Gasteiger partial charge in [0.2, 0.25) is 0 Å². The van der Waals surface area contributed by atoms with Crippen molar-refractivity contribution < 1.29 is 0 Å². The summed E-state index contributed by atoms with van der Waals surface area (Å²) in [5.74, 6) is 0.821. The molecule has 1 aromatic carbocycles. The maximum absolute atomic E-state index is 3.60. The molecule has 96 valence electrons. The van der Waals surface area contributed by atoms with E-state index in [1.54, 1.807) is 16.7 Å². The zero-order valence-electron chi connectivity index (χ0n) is 11.6. The number of nitrogens with one attached hydrogen (secondary N) is 1. The van der Waals surface area contributed by atoms with Crippen LogP contribution in [-0.4, -0.2) is 6.54 Å². The lowest BCUT2D eigenvalue weighted by atomic mass is 9.59. The van der Waals surface area contributed by atoms with Crippen molar-refractivity contribution in [3.05, 3.63) is 34.9 Å². The molecule has 0 bridgehead atoms. The molecule has 0 aromatic heterocycles. The molecule has 0 radical (unpaired) electrons. The van der Waals surface area contributed by atoms with E-state index in [9.17, 15) is 0 Å². The Hall–Kier alpha value is -0.820. The van der Waals surface area contributed by atoms with Crippen molar-refractivity contribution in [1.29, 1.82) is 0 Å². The van der Waals surface area contributed by atoms with Crippen LogP contribution in [0.3, 0.4) is 0 Å². The summed E-state index contributed by atoms with van der Waals surface area (Å²) in [5.41, 5.74) is 5.97. The average Bonchev–Trinajstić information content (AvgIpc) is 3.14. The molecule has 1 saturated carbocycles. The van der Waals surface area contributed by atoms with E-state index in [1.807, 2.05) is 0 Å². The van der Waals surface area contributed by atoms with E-state index in [1.165, 1.54) is 32.2 Å². The third-order valence-corrected chi connectivity index (χ3v) is 6.08. The van der Waals surface area contributed by atoms with Crippen LogP contribution in [-0.2, 0) is 12.0 Å². The summed E-state index contributed by atoms with van der Waals surface area (Å²) < 4.78 is 0. The normalized spacial score (nSPS) is 30.7. The van der Waals surface area contributed by atoms with Crippen LogP contribution >= 0.6 is 0 Å². The van der Waals surface area contributed by atoms with Gasteiger partial charge < -0.3 is 5.32 Å². The molecule has 0 amide bonds. The van der Waals surface area contributed by atoms with Gasteiger partial charge in [0.25, 0.3) is 0 Å². The van der Waals surface area contributed by atoms with Gasteiger partial charge in [0.15, 0.2) is 0 Å². The molecule has 1 atom stereocenters. The average molecular weight is 241 g/mol. The van der Waals surface area contributed by atoms with Crippen LogP contribution < -0.4 is 5.32 Å². The Labute approximate surface area is 110 Å². The predicted molar refractivity (Wildman–Crippen MR) is 74.8 cm³/mol.